The van der Waals surface area contributed by atoms with Crippen LogP contribution in [-0.4, -0.2) is 52.6 Å². The summed E-state index contributed by atoms with van der Waals surface area (Å²) >= 11 is 0. The van der Waals surface area contributed by atoms with E-state index in [-0.39, 0.29) is 11.8 Å². The van der Waals surface area contributed by atoms with E-state index in [1.807, 2.05) is 17.9 Å². The van der Waals surface area contributed by atoms with Gasteiger partial charge in [-0.1, -0.05) is 13.8 Å². The van der Waals surface area contributed by atoms with Crippen molar-refractivity contribution >= 4 is 5.91 Å². The smallest absolute Gasteiger partial charge is 0.289 e. The highest BCUT2D eigenvalue weighted by atomic mass is 16.4. The molecule has 2 atom stereocenters. The van der Waals surface area contributed by atoms with E-state index in [4.69, 9.17) is 4.42 Å². The first-order valence-electron chi connectivity index (χ1n) is 9.71. The van der Waals surface area contributed by atoms with E-state index in [1.165, 1.54) is 12.8 Å². The van der Waals surface area contributed by atoms with Crippen LogP contribution in [0.5, 0.6) is 0 Å². The van der Waals surface area contributed by atoms with Gasteiger partial charge in [0.05, 0.1) is 12.1 Å². The molecular weight excluding hydrogens is 316 g/mol. The minimum absolute atomic E-state index is 0.0486. The molecule has 2 saturated heterocycles. The maximum absolute atomic E-state index is 12.8. The van der Waals surface area contributed by atoms with Crippen LogP contribution >= 0.6 is 0 Å². The quantitative estimate of drug-likeness (QED) is 0.908. The number of rotatable bonds is 4. The highest BCUT2D eigenvalue weighted by Crippen LogP contribution is 2.31. The summed E-state index contributed by atoms with van der Waals surface area (Å²) in [7, 11) is 0. The minimum atomic E-state index is -0.675. The van der Waals surface area contributed by atoms with E-state index in [9.17, 15) is 9.90 Å². The summed E-state index contributed by atoms with van der Waals surface area (Å²) in [6.45, 7) is 10.4. The lowest BCUT2D eigenvalue weighted by atomic mass is 9.81. The Hall–Kier alpha value is -1.33. The van der Waals surface area contributed by atoms with Gasteiger partial charge in [-0.3, -0.25) is 9.69 Å². The van der Waals surface area contributed by atoms with Gasteiger partial charge in [0.1, 0.15) is 5.76 Å². The van der Waals surface area contributed by atoms with Gasteiger partial charge in [0.25, 0.3) is 5.91 Å². The minimum Gasteiger partial charge on any atom is -0.455 e. The molecule has 5 heteroatoms. The first kappa shape index (κ1) is 18.5. The predicted octanol–water partition coefficient (Wildman–Crippen LogP) is 3.13. The van der Waals surface area contributed by atoms with E-state index in [0.29, 0.717) is 25.3 Å². The highest BCUT2D eigenvalue weighted by Gasteiger charge is 2.38. The molecule has 0 unspecified atom stereocenters. The zero-order chi connectivity index (χ0) is 18.0. The number of nitrogens with zero attached hydrogens (tertiary/aromatic N) is 2. The third-order valence-corrected chi connectivity index (χ3v) is 6.12. The summed E-state index contributed by atoms with van der Waals surface area (Å²) in [6.07, 6.45) is 3.96. The Balaban J connectivity index is 1.59. The molecule has 2 aliphatic heterocycles. The lowest BCUT2D eigenvalue weighted by Crippen LogP contribution is -2.51. The molecule has 3 heterocycles. The molecule has 0 radical (unpaired) electrons. The topological polar surface area (TPSA) is 56.9 Å². The van der Waals surface area contributed by atoms with Crippen LogP contribution < -0.4 is 0 Å². The summed E-state index contributed by atoms with van der Waals surface area (Å²) in [5.41, 5.74) is -0.675. The molecule has 5 nitrogen and oxygen atoms in total. The van der Waals surface area contributed by atoms with Crippen molar-refractivity contribution in [3.05, 3.63) is 23.7 Å². The zero-order valence-electron chi connectivity index (χ0n) is 15.8. The van der Waals surface area contributed by atoms with Crippen molar-refractivity contribution < 1.29 is 14.3 Å². The number of piperidine rings is 2. The van der Waals surface area contributed by atoms with Crippen LogP contribution in [-0.2, 0) is 6.54 Å². The summed E-state index contributed by atoms with van der Waals surface area (Å²) in [4.78, 5) is 17.0. The van der Waals surface area contributed by atoms with Gasteiger partial charge < -0.3 is 14.4 Å². The number of carbonyl (C=O) groups excluding carboxylic acids is 1. The van der Waals surface area contributed by atoms with Crippen molar-refractivity contribution in [2.75, 3.05) is 26.2 Å². The van der Waals surface area contributed by atoms with Crippen LogP contribution in [0.3, 0.4) is 0 Å². The van der Waals surface area contributed by atoms with Gasteiger partial charge in [-0.05, 0) is 63.7 Å². The summed E-state index contributed by atoms with van der Waals surface area (Å²) < 4.78 is 5.85. The lowest BCUT2D eigenvalue weighted by Gasteiger charge is -2.42. The van der Waals surface area contributed by atoms with E-state index >= 15 is 0 Å². The number of hydrogen-bond acceptors (Lipinski definition) is 4. The first-order chi connectivity index (χ1) is 11.9. The summed E-state index contributed by atoms with van der Waals surface area (Å²) in [6, 6.07) is 3.74. The molecule has 0 saturated carbocycles. The molecular formula is C20H32N2O3. The normalized spacial score (nSPS) is 29.1. The summed E-state index contributed by atoms with van der Waals surface area (Å²) in [5.74, 6) is 2.18. The third kappa shape index (κ3) is 4.26. The maximum Gasteiger partial charge on any atom is 0.289 e. The summed E-state index contributed by atoms with van der Waals surface area (Å²) in [5, 5.41) is 10.4. The van der Waals surface area contributed by atoms with Crippen LogP contribution in [0.4, 0.5) is 0 Å². The van der Waals surface area contributed by atoms with Crippen LogP contribution in [0.1, 0.15) is 62.8 Å². The number of likely N-dealkylation sites (tertiary alicyclic amines) is 2. The number of aliphatic hydroxyl groups is 1. The zero-order valence-corrected chi connectivity index (χ0v) is 15.8. The van der Waals surface area contributed by atoms with Crippen LogP contribution in [0.15, 0.2) is 16.5 Å². The SMILES string of the molecule is CC[C@H]1CN(C(=O)c2ccc(CN3CCC(C)CC3)o2)CC[C@@]1(C)O. The fourth-order valence-electron chi connectivity index (χ4n) is 4.05. The van der Waals surface area contributed by atoms with Crippen molar-refractivity contribution in [2.24, 2.45) is 11.8 Å². The van der Waals surface area contributed by atoms with Crippen molar-refractivity contribution in [1.29, 1.82) is 0 Å². The van der Waals surface area contributed by atoms with Gasteiger partial charge >= 0.3 is 0 Å². The maximum atomic E-state index is 12.8. The second kappa shape index (κ2) is 7.50. The lowest BCUT2D eigenvalue weighted by molar-refractivity contribution is -0.0526. The van der Waals surface area contributed by atoms with Crippen molar-refractivity contribution in [3.63, 3.8) is 0 Å². The fraction of sp³-hybridized carbons (Fsp3) is 0.750. The molecule has 0 bridgehead atoms. The van der Waals surface area contributed by atoms with Gasteiger partial charge in [-0.25, -0.2) is 0 Å². The van der Waals surface area contributed by atoms with Crippen LogP contribution in [0.25, 0.3) is 0 Å². The second-order valence-electron chi connectivity index (χ2n) is 8.19. The molecule has 0 aliphatic carbocycles. The Morgan fingerprint density at radius 3 is 2.72 bits per heavy atom. The van der Waals surface area contributed by atoms with Crippen LogP contribution in [0.2, 0.25) is 0 Å². The number of amides is 1. The molecule has 2 fully saturated rings. The van der Waals surface area contributed by atoms with E-state index in [2.05, 4.69) is 18.7 Å². The predicted molar refractivity (Wildman–Crippen MR) is 97.3 cm³/mol. The Labute approximate surface area is 151 Å². The van der Waals surface area contributed by atoms with E-state index in [1.54, 1.807) is 6.07 Å². The highest BCUT2D eigenvalue weighted by molar-refractivity contribution is 5.91. The molecule has 140 valence electrons. The molecule has 25 heavy (non-hydrogen) atoms. The molecule has 1 amide bonds. The van der Waals surface area contributed by atoms with E-state index < -0.39 is 5.60 Å². The molecule has 0 spiro atoms. The van der Waals surface area contributed by atoms with Gasteiger partial charge in [-0.15, -0.1) is 0 Å². The Bertz CT molecular complexity index is 588. The van der Waals surface area contributed by atoms with Crippen molar-refractivity contribution in [3.8, 4) is 0 Å². The largest absolute Gasteiger partial charge is 0.455 e. The van der Waals surface area contributed by atoms with Gasteiger partial charge in [0, 0.05) is 19.0 Å². The molecule has 1 N–H and O–H groups in total. The van der Waals surface area contributed by atoms with Crippen molar-refractivity contribution in [2.45, 2.75) is 58.6 Å². The second-order valence-corrected chi connectivity index (χ2v) is 8.19. The average Bonchev–Trinajstić information content (AvgIpc) is 3.04. The molecule has 0 aromatic carbocycles. The Kier molecular flexibility index (Phi) is 5.54. The average molecular weight is 348 g/mol. The molecule has 2 aliphatic rings. The van der Waals surface area contributed by atoms with E-state index in [0.717, 1.165) is 37.7 Å². The Morgan fingerprint density at radius 1 is 1.32 bits per heavy atom. The monoisotopic (exact) mass is 348 g/mol. The Morgan fingerprint density at radius 2 is 2.04 bits per heavy atom. The molecule has 3 rings (SSSR count). The standard InChI is InChI=1S/C20H32N2O3/c1-4-16-13-22(12-9-20(16,3)24)19(23)18-6-5-17(25-18)14-21-10-7-15(2)8-11-21/h5-6,15-16,24H,4,7-14H2,1-3H3/t16-,20+/m0/s1. The van der Waals surface area contributed by atoms with Crippen molar-refractivity contribution in [1.82, 2.24) is 9.80 Å². The number of furan rings is 1. The number of hydrogen-bond donors (Lipinski definition) is 1. The third-order valence-electron chi connectivity index (χ3n) is 6.12. The first-order valence-corrected chi connectivity index (χ1v) is 9.71. The number of carbonyl (C=O) groups is 1. The van der Waals surface area contributed by atoms with Gasteiger partial charge in [0.2, 0.25) is 0 Å². The molecule has 1 aromatic heterocycles. The van der Waals surface area contributed by atoms with Gasteiger partial charge in [-0.2, -0.15) is 0 Å². The fourth-order valence-corrected chi connectivity index (χ4v) is 4.05. The van der Waals surface area contributed by atoms with Gasteiger partial charge in [0.15, 0.2) is 5.76 Å². The van der Waals surface area contributed by atoms with Crippen LogP contribution in [0, 0.1) is 11.8 Å². The molecule has 1 aromatic rings.